The third kappa shape index (κ3) is 2.84. The summed E-state index contributed by atoms with van der Waals surface area (Å²) in [6, 6.07) is 9.21. The molecule has 0 amide bonds. The number of hydrogen-bond acceptors (Lipinski definition) is 2. The number of likely N-dealkylation sites (tertiary alicyclic amines) is 1. The summed E-state index contributed by atoms with van der Waals surface area (Å²) in [5.74, 6) is 0.683. The van der Waals surface area contributed by atoms with Crippen LogP contribution in [0.4, 0.5) is 0 Å². The van der Waals surface area contributed by atoms with Crippen LogP contribution in [0, 0.1) is 5.92 Å². The molecule has 16 heavy (non-hydrogen) atoms. The van der Waals surface area contributed by atoms with Crippen molar-refractivity contribution in [3.8, 4) is 0 Å². The Balaban J connectivity index is 2.00. The van der Waals surface area contributed by atoms with E-state index in [2.05, 4.69) is 52.0 Å². The van der Waals surface area contributed by atoms with E-state index < -0.39 is 0 Å². The van der Waals surface area contributed by atoms with Crippen LogP contribution in [0.1, 0.15) is 18.9 Å². The van der Waals surface area contributed by atoms with Crippen LogP contribution in [0.2, 0.25) is 0 Å². The Morgan fingerprint density at radius 3 is 2.94 bits per heavy atom. The van der Waals surface area contributed by atoms with Crippen molar-refractivity contribution in [1.29, 1.82) is 0 Å². The van der Waals surface area contributed by atoms with Crippen molar-refractivity contribution in [2.24, 2.45) is 11.7 Å². The van der Waals surface area contributed by atoms with Crippen LogP contribution in [0.15, 0.2) is 28.7 Å². The smallest absolute Gasteiger partial charge is 0.0237 e. The van der Waals surface area contributed by atoms with Gasteiger partial charge < -0.3 is 5.73 Å². The number of hydrogen-bond donors (Lipinski definition) is 1. The fourth-order valence-corrected chi connectivity index (χ4v) is 2.93. The minimum atomic E-state index is 0.660. The summed E-state index contributed by atoms with van der Waals surface area (Å²) in [6.07, 6.45) is 1.24. The molecule has 2 N–H and O–H groups in total. The van der Waals surface area contributed by atoms with Gasteiger partial charge >= 0.3 is 0 Å². The molecular formula is C13H19BrN2. The SMILES string of the molecule is CC1CC(CN)CN1Cc1cccc(Br)c1. The molecule has 1 aliphatic heterocycles. The zero-order valence-electron chi connectivity index (χ0n) is 9.70. The molecule has 0 saturated carbocycles. The molecule has 2 nitrogen and oxygen atoms in total. The molecule has 2 unspecified atom stereocenters. The summed E-state index contributed by atoms with van der Waals surface area (Å²) < 4.78 is 1.16. The van der Waals surface area contributed by atoms with E-state index in [1.54, 1.807) is 0 Å². The first-order chi connectivity index (χ1) is 7.69. The van der Waals surface area contributed by atoms with Gasteiger partial charge in [-0.2, -0.15) is 0 Å². The van der Waals surface area contributed by atoms with Gasteiger partial charge in [0, 0.05) is 23.6 Å². The fraction of sp³-hybridized carbons (Fsp3) is 0.538. The summed E-state index contributed by atoms with van der Waals surface area (Å²) in [4.78, 5) is 2.53. The van der Waals surface area contributed by atoms with E-state index in [4.69, 9.17) is 5.73 Å². The Bertz CT molecular complexity index is 354. The summed E-state index contributed by atoms with van der Waals surface area (Å²) >= 11 is 3.51. The summed E-state index contributed by atoms with van der Waals surface area (Å²) in [7, 11) is 0. The minimum absolute atomic E-state index is 0.660. The van der Waals surface area contributed by atoms with Crippen LogP contribution in [0.3, 0.4) is 0 Å². The van der Waals surface area contributed by atoms with E-state index in [1.807, 2.05) is 0 Å². The van der Waals surface area contributed by atoms with Crippen LogP contribution in [0.5, 0.6) is 0 Å². The molecule has 1 aromatic rings. The Morgan fingerprint density at radius 1 is 1.50 bits per heavy atom. The zero-order chi connectivity index (χ0) is 11.5. The third-order valence-corrected chi connectivity index (χ3v) is 3.89. The maximum absolute atomic E-state index is 5.74. The first-order valence-corrected chi connectivity index (χ1v) is 6.67. The van der Waals surface area contributed by atoms with Crippen LogP contribution in [-0.2, 0) is 6.54 Å². The third-order valence-electron chi connectivity index (χ3n) is 3.40. The fourth-order valence-electron chi connectivity index (χ4n) is 2.48. The van der Waals surface area contributed by atoms with Gasteiger partial charge in [-0.15, -0.1) is 0 Å². The molecule has 0 spiro atoms. The molecule has 0 aliphatic carbocycles. The lowest BCUT2D eigenvalue weighted by atomic mass is 10.1. The number of benzene rings is 1. The van der Waals surface area contributed by atoms with Gasteiger partial charge in [0.1, 0.15) is 0 Å². The highest BCUT2D eigenvalue weighted by Gasteiger charge is 2.27. The first kappa shape index (κ1) is 12.1. The molecule has 3 heteroatoms. The second kappa shape index (κ2) is 5.30. The lowest BCUT2D eigenvalue weighted by Crippen LogP contribution is -2.27. The van der Waals surface area contributed by atoms with Crippen molar-refractivity contribution in [3.63, 3.8) is 0 Å². The van der Waals surface area contributed by atoms with Crippen molar-refractivity contribution in [2.45, 2.75) is 25.9 Å². The van der Waals surface area contributed by atoms with Gasteiger partial charge in [0.05, 0.1) is 0 Å². The van der Waals surface area contributed by atoms with Crippen molar-refractivity contribution in [2.75, 3.05) is 13.1 Å². The van der Waals surface area contributed by atoms with E-state index >= 15 is 0 Å². The Hall–Kier alpha value is -0.380. The highest BCUT2D eigenvalue weighted by molar-refractivity contribution is 9.10. The van der Waals surface area contributed by atoms with E-state index in [0.29, 0.717) is 12.0 Å². The monoisotopic (exact) mass is 282 g/mol. The number of nitrogens with two attached hydrogens (primary N) is 1. The quantitative estimate of drug-likeness (QED) is 0.924. The van der Waals surface area contributed by atoms with Crippen molar-refractivity contribution < 1.29 is 0 Å². The van der Waals surface area contributed by atoms with Gasteiger partial charge in [-0.3, -0.25) is 4.90 Å². The number of nitrogens with zero attached hydrogens (tertiary/aromatic N) is 1. The van der Waals surface area contributed by atoms with Crippen LogP contribution in [0.25, 0.3) is 0 Å². The Morgan fingerprint density at radius 2 is 2.31 bits per heavy atom. The molecule has 1 aliphatic rings. The lowest BCUT2D eigenvalue weighted by molar-refractivity contribution is 0.256. The molecule has 2 rings (SSSR count). The number of rotatable bonds is 3. The maximum Gasteiger partial charge on any atom is 0.0237 e. The lowest BCUT2D eigenvalue weighted by Gasteiger charge is -2.21. The van der Waals surface area contributed by atoms with Gasteiger partial charge in [-0.1, -0.05) is 28.1 Å². The predicted octanol–water partition coefficient (Wildman–Crippen LogP) is 2.62. The second-order valence-corrected chi connectivity index (χ2v) is 5.66. The molecule has 0 aromatic heterocycles. The Labute approximate surface area is 106 Å². The maximum atomic E-state index is 5.74. The van der Waals surface area contributed by atoms with E-state index in [1.165, 1.54) is 12.0 Å². The highest BCUT2D eigenvalue weighted by atomic mass is 79.9. The summed E-state index contributed by atoms with van der Waals surface area (Å²) in [6.45, 7) is 5.30. The van der Waals surface area contributed by atoms with Crippen molar-refractivity contribution in [3.05, 3.63) is 34.3 Å². The molecule has 88 valence electrons. The summed E-state index contributed by atoms with van der Waals surface area (Å²) in [5.41, 5.74) is 7.12. The second-order valence-electron chi connectivity index (χ2n) is 4.75. The standard InChI is InChI=1S/C13H19BrN2/c1-10-5-12(7-15)9-16(10)8-11-3-2-4-13(14)6-11/h2-4,6,10,12H,5,7-9,15H2,1H3. The van der Waals surface area contributed by atoms with Gasteiger partial charge in [-0.05, 0) is 43.5 Å². The van der Waals surface area contributed by atoms with Crippen LogP contribution < -0.4 is 5.73 Å². The highest BCUT2D eigenvalue weighted by Crippen LogP contribution is 2.24. The van der Waals surface area contributed by atoms with Crippen molar-refractivity contribution in [1.82, 2.24) is 4.90 Å². The normalized spacial score (nSPS) is 26.2. The van der Waals surface area contributed by atoms with Gasteiger partial charge in [0.25, 0.3) is 0 Å². The molecule has 0 radical (unpaired) electrons. The van der Waals surface area contributed by atoms with Gasteiger partial charge in [0.2, 0.25) is 0 Å². The topological polar surface area (TPSA) is 29.3 Å². The van der Waals surface area contributed by atoms with Gasteiger partial charge in [0.15, 0.2) is 0 Å². The van der Waals surface area contributed by atoms with Crippen molar-refractivity contribution >= 4 is 15.9 Å². The molecule has 1 fully saturated rings. The van der Waals surface area contributed by atoms with E-state index in [-0.39, 0.29) is 0 Å². The molecular weight excluding hydrogens is 264 g/mol. The first-order valence-electron chi connectivity index (χ1n) is 5.87. The van der Waals surface area contributed by atoms with Gasteiger partial charge in [-0.25, -0.2) is 0 Å². The minimum Gasteiger partial charge on any atom is -0.330 e. The van der Waals surface area contributed by atoms with Crippen LogP contribution >= 0.6 is 15.9 Å². The van der Waals surface area contributed by atoms with E-state index in [0.717, 1.165) is 24.1 Å². The molecule has 2 atom stereocenters. The average molecular weight is 283 g/mol. The largest absolute Gasteiger partial charge is 0.330 e. The predicted molar refractivity (Wildman–Crippen MR) is 71.2 cm³/mol. The zero-order valence-corrected chi connectivity index (χ0v) is 11.3. The number of halogens is 1. The molecule has 1 aromatic carbocycles. The van der Waals surface area contributed by atoms with E-state index in [9.17, 15) is 0 Å². The Kier molecular flexibility index (Phi) is 4.00. The summed E-state index contributed by atoms with van der Waals surface area (Å²) in [5, 5.41) is 0. The molecule has 1 heterocycles. The van der Waals surface area contributed by atoms with Crippen LogP contribution in [-0.4, -0.2) is 24.0 Å². The average Bonchev–Trinajstić information content (AvgIpc) is 2.60. The molecule has 0 bridgehead atoms. The molecule has 1 saturated heterocycles.